The summed E-state index contributed by atoms with van der Waals surface area (Å²) in [5.41, 5.74) is 2.06. The highest BCUT2D eigenvalue weighted by Gasteiger charge is 2.08. The molecule has 2 aromatic rings. The van der Waals surface area contributed by atoms with E-state index in [0.29, 0.717) is 36.3 Å². The van der Waals surface area contributed by atoms with E-state index in [-0.39, 0.29) is 6.42 Å². The molecule has 0 aromatic heterocycles. The summed E-state index contributed by atoms with van der Waals surface area (Å²) in [7, 11) is 0. The van der Waals surface area contributed by atoms with Crippen LogP contribution >= 0.6 is 11.6 Å². The maximum atomic E-state index is 10.8. The summed E-state index contributed by atoms with van der Waals surface area (Å²) in [6.07, 6.45) is 0.415. The highest BCUT2D eigenvalue weighted by molar-refractivity contribution is 6.30. The zero-order chi connectivity index (χ0) is 18.2. The molecule has 0 aliphatic heterocycles. The van der Waals surface area contributed by atoms with Crippen LogP contribution in [0, 0.1) is 0 Å². The van der Waals surface area contributed by atoms with Gasteiger partial charge < -0.3 is 14.6 Å². The number of aliphatic carboxylic acids is 1. The van der Waals surface area contributed by atoms with Crippen molar-refractivity contribution in [2.24, 2.45) is 0 Å². The first-order chi connectivity index (χ1) is 12.0. The lowest BCUT2D eigenvalue weighted by Gasteiger charge is -2.13. The lowest BCUT2D eigenvalue weighted by atomic mass is 10.0. The second-order valence-corrected chi connectivity index (χ2v) is 6.50. The van der Waals surface area contributed by atoms with Crippen LogP contribution in [0.1, 0.15) is 37.3 Å². The first-order valence-corrected chi connectivity index (χ1v) is 8.69. The van der Waals surface area contributed by atoms with Gasteiger partial charge in [0.05, 0.1) is 0 Å². The molecule has 5 heteroatoms. The lowest BCUT2D eigenvalue weighted by Crippen LogP contribution is -2.10. The van der Waals surface area contributed by atoms with E-state index in [0.717, 1.165) is 11.3 Å². The topological polar surface area (TPSA) is 55.8 Å². The van der Waals surface area contributed by atoms with Crippen LogP contribution in [-0.2, 0) is 11.2 Å². The van der Waals surface area contributed by atoms with Gasteiger partial charge in [-0.2, -0.15) is 0 Å². The third-order valence-corrected chi connectivity index (χ3v) is 4.02. The highest BCUT2D eigenvalue weighted by atomic mass is 35.5. The van der Waals surface area contributed by atoms with Gasteiger partial charge >= 0.3 is 5.97 Å². The maximum Gasteiger partial charge on any atom is 0.303 e. The molecule has 0 heterocycles. The van der Waals surface area contributed by atoms with Crippen LogP contribution in [0.5, 0.6) is 11.5 Å². The molecule has 25 heavy (non-hydrogen) atoms. The van der Waals surface area contributed by atoms with E-state index in [9.17, 15) is 4.79 Å². The van der Waals surface area contributed by atoms with E-state index in [1.54, 1.807) is 18.2 Å². The minimum Gasteiger partial charge on any atom is -0.490 e. The predicted molar refractivity (Wildman–Crippen MR) is 98.9 cm³/mol. The third-order valence-electron chi connectivity index (χ3n) is 3.79. The lowest BCUT2D eigenvalue weighted by molar-refractivity contribution is -0.136. The van der Waals surface area contributed by atoms with Gasteiger partial charge in [0.1, 0.15) is 24.7 Å². The van der Waals surface area contributed by atoms with Gasteiger partial charge in [-0.3, -0.25) is 4.79 Å². The number of aryl methyl sites for hydroxylation is 1. The quantitative estimate of drug-likeness (QED) is 0.642. The Morgan fingerprint density at radius 3 is 2.40 bits per heavy atom. The van der Waals surface area contributed by atoms with E-state index >= 15 is 0 Å². The number of hydrogen-bond acceptors (Lipinski definition) is 3. The summed E-state index contributed by atoms with van der Waals surface area (Å²) >= 11 is 5.98. The SMILES string of the molecule is CC(C)c1ccc(OCCOc2ccc(Cl)cc2CCC(=O)O)cc1. The zero-order valence-corrected chi connectivity index (χ0v) is 15.3. The van der Waals surface area contributed by atoms with Gasteiger partial charge in [0, 0.05) is 11.4 Å². The van der Waals surface area contributed by atoms with Crippen LogP contribution < -0.4 is 9.47 Å². The van der Waals surface area contributed by atoms with Crippen molar-refractivity contribution in [1.82, 2.24) is 0 Å². The predicted octanol–water partition coefficient (Wildman–Crippen LogP) is 4.94. The standard InChI is InChI=1S/C20H23ClO4/c1-14(2)15-3-7-18(8-4-15)24-11-12-25-19-9-6-17(21)13-16(19)5-10-20(22)23/h3-4,6-9,13-14H,5,10-12H2,1-2H3,(H,22,23). The van der Waals surface area contributed by atoms with Gasteiger partial charge in [-0.05, 0) is 53.8 Å². The van der Waals surface area contributed by atoms with E-state index in [1.165, 1.54) is 5.56 Å². The van der Waals surface area contributed by atoms with Gasteiger partial charge in [-0.1, -0.05) is 37.6 Å². The summed E-state index contributed by atoms with van der Waals surface area (Å²) in [6.45, 7) is 5.07. The zero-order valence-electron chi connectivity index (χ0n) is 14.5. The highest BCUT2D eigenvalue weighted by Crippen LogP contribution is 2.24. The van der Waals surface area contributed by atoms with E-state index in [4.69, 9.17) is 26.2 Å². The molecule has 0 unspecified atom stereocenters. The number of carboxylic acid groups (broad SMARTS) is 1. The molecule has 0 bridgehead atoms. The summed E-state index contributed by atoms with van der Waals surface area (Å²) < 4.78 is 11.4. The molecule has 0 radical (unpaired) electrons. The van der Waals surface area contributed by atoms with Crippen molar-refractivity contribution < 1.29 is 19.4 Å². The molecular formula is C20H23ClO4. The molecule has 0 saturated carbocycles. The number of carbonyl (C=O) groups is 1. The fourth-order valence-corrected chi connectivity index (χ4v) is 2.58. The van der Waals surface area contributed by atoms with Crippen LogP contribution in [0.15, 0.2) is 42.5 Å². The Labute approximate surface area is 153 Å². The molecular weight excluding hydrogens is 340 g/mol. The smallest absolute Gasteiger partial charge is 0.303 e. The number of benzene rings is 2. The van der Waals surface area contributed by atoms with Gasteiger partial charge in [-0.15, -0.1) is 0 Å². The van der Waals surface area contributed by atoms with Gasteiger partial charge in [0.15, 0.2) is 0 Å². The van der Waals surface area contributed by atoms with Crippen molar-refractivity contribution in [2.75, 3.05) is 13.2 Å². The largest absolute Gasteiger partial charge is 0.490 e. The fourth-order valence-electron chi connectivity index (χ4n) is 2.39. The first kappa shape index (κ1) is 19.1. The van der Waals surface area contributed by atoms with Crippen molar-refractivity contribution in [3.8, 4) is 11.5 Å². The maximum absolute atomic E-state index is 10.8. The second kappa shape index (κ2) is 9.33. The molecule has 2 aromatic carbocycles. The molecule has 0 fully saturated rings. The molecule has 0 atom stereocenters. The summed E-state index contributed by atoms with van der Waals surface area (Å²) in [5, 5.41) is 9.40. The van der Waals surface area contributed by atoms with E-state index in [1.807, 2.05) is 12.1 Å². The van der Waals surface area contributed by atoms with Crippen LogP contribution in [0.4, 0.5) is 0 Å². The molecule has 0 saturated heterocycles. The molecule has 4 nitrogen and oxygen atoms in total. The molecule has 0 spiro atoms. The van der Waals surface area contributed by atoms with Gasteiger partial charge in [-0.25, -0.2) is 0 Å². The summed E-state index contributed by atoms with van der Waals surface area (Å²) in [6, 6.07) is 13.3. The van der Waals surface area contributed by atoms with Crippen molar-refractivity contribution in [1.29, 1.82) is 0 Å². The Morgan fingerprint density at radius 1 is 1.08 bits per heavy atom. The van der Waals surface area contributed by atoms with Crippen LogP contribution in [0.3, 0.4) is 0 Å². The molecule has 0 aliphatic rings. The Morgan fingerprint density at radius 2 is 1.76 bits per heavy atom. The van der Waals surface area contributed by atoms with E-state index < -0.39 is 5.97 Å². The number of hydrogen-bond donors (Lipinski definition) is 1. The Hall–Kier alpha value is -2.20. The fraction of sp³-hybridized carbons (Fsp3) is 0.350. The first-order valence-electron chi connectivity index (χ1n) is 8.31. The molecule has 1 N–H and O–H groups in total. The van der Waals surface area contributed by atoms with Crippen LogP contribution in [0.25, 0.3) is 0 Å². The minimum absolute atomic E-state index is 0.0371. The Kier molecular flexibility index (Phi) is 7.14. The van der Waals surface area contributed by atoms with Gasteiger partial charge in [0.25, 0.3) is 0 Å². The van der Waals surface area contributed by atoms with Crippen LogP contribution in [-0.4, -0.2) is 24.3 Å². The Bertz CT molecular complexity index is 695. The number of halogens is 1. The molecule has 0 amide bonds. The molecule has 0 aliphatic carbocycles. The third kappa shape index (κ3) is 6.31. The van der Waals surface area contributed by atoms with Crippen molar-refractivity contribution >= 4 is 17.6 Å². The number of rotatable bonds is 9. The average molecular weight is 363 g/mol. The Balaban J connectivity index is 1.85. The minimum atomic E-state index is -0.848. The summed E-state index contributed by atoms with van der Waals surface area (Å²) in [5.74, 6) is 1.09. The second-order valence-electron chi connectivity index (χ2n) is 6.07. The summed E-state index contributed by atoms with van der Waals surface area (Å²) in [4.78, 5) is 10.8. The normalized spacial score (nSPS) is 10.7. The van der Waals surface area contributed by atoms with E-state index in [2.05, 4.69) is 26.0 Å². The number of carboxylic acids is 1. The molecule has 2 rings (SSSR count). The molecule has 134 valence electrons. The average Bonchev–Trinajstić information content (AvgIpc) is 2.58. The van der Waals surface area contributed by atoms with Gasteiger partial charge in [0.2, 0.25) is 0 Å². The monoisotopic (exact) mass is 362 g/mol. The van der Waals surface area contributed by atoms with Crippen molar-refractivity contribution in [2.45, 2.75) is 32.6 Å². The number of ether oxygens (including phenoxy) is 2. The van der Waals surface area contributed by atoms with Crippen molar-refractivity contribution in [3.63, 3.8) is 0 Å². The van der Waals surface area contributed by atoms with Crippen molar-refractivity contribution in [3.05, 3.63) is 58.6 Å². The van der Waals surface area contributed by atoms with Crippen LogP contribution in [0.2, 0.25) is 5.02 Å².